The van der Waals surface area contributed by atoms with Gasteiger partial charge in [0.15, 0.2) is 0 Å². The van der Waals surface area contributed by atoms with E-state index in [0.29, 0.717) is 5.92 Å². The van der Waals surface area contributed by atoms with E-state index in [2.05, 4.69) is 41.5 Å². The maximum absolute atomic E-state index is 4.44. The summed E-state index contributed by atoms with van der Waals surface area (Å²) in [7, 11) is 1.86. The molecule has 2 rings (SSSR count). The van der Waals surface area contributed by atoms with Gasteiger partial charge in [-0.1, -0.05) is 44.2 Å². The van der Waals surface area contributed by atoms with E-state index in [1.165, 1.54) is 0 Å². The Balaban J connectivity index is 0.00000180. The molecular formula is C14H21ClN4. The van der Waals surface area contributed by atoms with Crippen LogP contribution in [0.5, 0.6) is 0 Å². The van der Waals surface area contributed by atoms with Crippen LogP contribution in [0.25, 0.3) is 11.3 Å². The second-order valence-corrected chi connectivity index (χ2v) is 4.88. The first-order chi connectivity index (χ1) is 8.66. The van der Waals surface area contributed by atoms with Crippen LogP contribution in [-0.2, 0) is 13.6 Å². The summed E-state index contributed by atoms with van der Waals surface area (Å²) in [4.78, 5) is 1.63. The molecule has 1 aromatic carbocycles. The van der Waals surface area contributed by atoms with E-state index in [4.69, 9.17) is 0 Å². The van der Waals surface area contributed by atoms with Gasteiger partial charge in [0, 0.05) is 19.2 Å². The van der Waals surface area contributed by atoms with E-state index in [0.717, 1.165) is 30.0 Å². The minimum atomic E-state index is 0. The Bertz CT molecular complexity index is 493. The van der Waals surface area contributed by atoms with Gasteiger partial charge in [0.05, 0.1) is 0 Å². The van der Waals surface area contributed by atoms with E-state index in [9.17, 15) is 0 Å². The van der Waals surface area contributed by atoms with Crippen molar-refractivity contribution in [2.75, 3.05) is 6.54 Å². The lowest BCUT2D eigenvalue weighted by atomic mass is 10.1. The van der Waals surface area contributed by atoms with Crippen molar-refractivity contribution >= 4 is 12.4 Å². The van der Waals surface area contributed by atoms with Gasteiger partial charge in [0.2, 0.25) is 0 Å². The number of aromatic nitrogens is 3. The number of rotatable bonds is 5. The topological polar surface area (TPSA) is 42.7 Å². The van der Waals surface area contributed by atoms with Gasteiger partial charge >= 0.3 is 0 Å². The molecule has 104 valence electrons. The molecule has 2 aromatic rings. The zero-order chi connectivity index (χ0) is 13.0. The Morgan fingerprint density at radius 1 is 1.16 bits per heavy atom. The number of halogens is 1. The van der Waals surface area contributed by atoms with Crippen LogP contribution in [0.4, 0.5) is 0 Å². The van der Waals surface area contributed by atoms with E-state index < -0.39 is 0 Å². The summed E-state index contributed by atoms with van der Waals surface area (Å²) in [5.74, 6) is 0.641. The third kappa shape index (κ3) is 4.33. The van der Waals surface area contributed by atoms with Crippen molar-refractivity contribution in [3.05, 3.63) is 36.0 Å². The van der Waals surface area contributed by atoms with Crippen molar-refractivity contribution in [2.45, 2.75) is 20.4 Å². The minimum Gasteiger partial charge on any atom is -0.311 e. The summed E-state index contributed by atoms with van der Waals surface area (Å²) in [5, 5.41) is 12.3. The predicted molar refractivity (Wildman–Crippen MR) is 80.2 cm³/mol. The molecule has 0 amide bonds. The average Bonchev–Trinajstić information content (AvgIpc) is 2.71. The third-order valence-corrected chi connectivity index (χ3v) is 2.68. The van der Waals surface area contributed by atoms with Crippen molar-refractivity contribution < 1.29 is 0 Å². The molecule has 0 saturated carbocycles. The largest absolute Gasteiger partial charge is 0.311 e. The third-order valence-electron chi connectivity index (χ3n) is 2.68. The molecule has 0 saturated heterocycles. The fourth-order valence-corrected chi connectivity index (χ4v) is 1.87. The molecule has 0 atom stereocenters. The molecule has 1 N–H and O–H groups in total. The van der Waals surface area contributed by atoms with Crippen LogP contribution >= 0.6 is 12.4 Å². The van der Waals surface area contributed by atoms with E-state index in [1.54, 1.807) is 4.80 Å². The number of benzene rings is 1. The lowest BCUT2D eigenvalue weighted by Gasteiger charge is -2.06. The molecule has 0 unspecified atom stereocenters. The Morgan fingerprint density at radius 2 is 1.84 bits per heavy atom. The van der Waals surface area contributed by atoms with Gasteiger partial charge in [-0.25, -0.2) is 0 Å². The Kier molecular flexibility index (Phi) is 5.99. The summed E-state index contributed by atoms with van der Waals surface area (Å²) in [6.07, 6.45) is 0. The highest BCUT2D eigenvalue weighted by atomic mass is 35.5. The van der Waals surface area contributed by atoms with Gasteiger partial charge < -0.3 is 5.32 Å². The first kappa shape index (κ1) is 15.7. The van der Waals surface area contributed by atoms with Crippen LogP contribution in [0.3, 0.4) is 0 Å². The van der Waals surface area contributed by atoms with Gasteiger partial charge in [0.1, 0.15) is 11.4 Å². The number of hydrogen-bond acceptors (Lipinski definition) is 3. The molecule has 0 aliphatic heterocycles. The molecule has 1 heterocycles. The second kappa shape index (κ2) is 7.26. The molecule has 5 heteroatoms. The second-order valence-electron chi connectivity index (χ2n) is 4.88. The zero-order valence-corrected chi connectivity index (χ0v) is 12.4. The zero-order valence-electron chi connectivity index (χ0n) is 11.6. The smallest absolute Gasteiger partial charge is 0.117 e. The van der Waals surface area contributed by atoms with Crippen LogP contribution in [0.2, 0.25) is 0 Å². The molecular weight excluding hydrogens is 260 g/mol. The molecule has 4 nitrogen and oxygen atoms in total. The Hall–Kier alpha value is -1.39. The maximum Gasteiger partial charge on any atom is 0.117 e. The SMILES string of the molecule is CC(C)CNCc1nn(C)nc1-c1ccccc1.Cl. The number of nitrogens with zero attached hydrogens (tertiary/aromatic N) is 3. The number of nitrogens with one attached hydrogen (secondary N) is 1. The quantitative estimate of drug-likeness (QED) is 0.916. The monoisotopic (exact) mass is 280 g/mol. The van der Waals surface area contributed by atoms with Crippen molar-refractivity contribution in [2.24, 2.45) is 13.0 Å². The van der Waals surface area contributed by atoms with Crippen molar-refractivity contribution in [1.82, 2.24) is 20.3 Å². The molecule has 1 aromatic heterocycles. The van der Waals surface area contributed by atoms with Crippen LogP contribution in [0.1, 0.15) is 19.5 Å². The highest BCUT2D eigenvalue weighted by Gasteiger charge is 2.11. The van der Waals surface area contributed by atoms with Gasteiger partial charge in [-0.05, 0) is 12.5 Å². The summed E-state index contributed by atoms with van der Waals surface area (Å²) < 4.78 is 0. The van der Waals surface area contributed by atoms with E-state index >= 15 is 0 Å². The van der Waals surface area contributed by atoms with Crippen LogP contribution < -0.4 is 5.32 Å². The first-order valence-electron chi connectivity index (χ1n) is 6.33. The van der Waals surface area contributed by atoms with Crippen molar-refractivity contribution in [3.63, 3.8) is 0 Å². The van der Waals surface area contributed by atoms with Crippen LogP contribution in [0.15, 0.2) is 30.3 Å². The number of aryl methyl sites for hydroxylation is 1. The summed E-state index contributed by atoms with van der Waals surface area (Å²) in [6, 6.07) is 10.2. The summed E-state index contributed by atoms with van der Waals surface area (Å²) >= 11 is 0. The standard InChI is InChI=1S/C14H20N4.ClH/c1-11(2)9-15-10-13-14(17-18(3)16-13)12-7-5-4-6-8-12;/h4-8,11,15H,9-10H2,1-3H3;1H. The molecule has 0 aliphatic rings. The predicted octanol–water partition coefficient (Wildman–Crippen LogP) is 2.65. The molecule has 0 bridgehead atoms. The van der Waals surface area contributed by atoms with Crippen molar-refractivity contribution in [3.8, 4) is 11.3 Å². The van der Waals surface area contributed by atoms with Crippen LogP contribution in [0, 0.1) is 5.92 Å². The molecule has 0 spiro atoms. The highest BCUT2D eigenvalue weighted by Crippen LogP contribution is 2.19. The summed E-state index contributed by atoms with van der Waals surface area (Å²) in [5.41, 5.74) is 3.09. The maximum atomic E-state index is 4.44. The first-order valence-corrected chi connectivity index (χ1v) is 6.33. The Labute approximate surface area is 120 Å². The molecule has 0 fully saturated rings. The van der Waals surface area contributed by atoms with Gasteiger partial charge in [-0.3, -0.25) is 0 Å². The van der Waals surface area contributed by atoms with Gasteiger partial charge in [-0.2, -0.15) is 15.0 Å². The van der Waals surface area contributed by atoms with Gasteiger partial charge in [-0.15, -0.1) is 12.4 Å². The fourth-order valence-electron chi connectivity index (χ4n) is 1.87. The fraction of sp³-hybridized carbons (Fsp3) is 0.429. The Morgan fingerprint density at radius 3 is 2.47 bits per heavy atom. The lowest BCUT2D eigenvalue weighted by Crippen LogP contribution is -2.19. The highest BCUT2D eigenvalue weighted by molar-refractivity contribution is 5.85. The minimum absolute atomic E-state index is 0. The lowest BCUT2D eigenvalue weighted by molar-refractivity contribution is 0.543. The van der Waals surface area contributed by atoms with Crippen molar-refractivity contribution in [1.29, 1.82) is 0 Å². The summed E-state index contributed by atoms with van der Waals surface area (Å²) in [6.45, 7) is 6.14. The average molecular weight is 281 g/mol. The van der Waals surface area contributed by atoms with E-state index in [1.807, 2.05) is 25.2 Å². The van der Waals surface area contributed by atoms with Crippen LogP contribution in [-0.4, -0.2) is 21.5 Å². The molecule has 0 aliphatic carbocycles. The van der Waals surface area contributed by atoms with Gasteiger partial charge in [0.25, 0.3) is 0 Å². The van der Waals surface area contributed by atoms with E-state index in [-0.39, 0.29) is 12.4 Å². The normalized spacial score (nSPS) is 10.5. The molecule has 0 radical (unpaired) electrons. The molecule has 19 heavy (non-hydrogen) atoms. The number of hydrogen-bond donors (Lipinski definition) is 1.